The number of amides is 1. The van der Waals surface area contributed by atoms with E-state index in [9.17, 15) is 17.6 Å². The second kappa shape index (κ2) is 9.38. The topological polar surface area (TPSA) is 66.5 Å². The number of nitrogens with zero attached hydrogens (tertiary/aromatic N) is 1. The molecule has 8 heteroatoms. The number of hydrogen-bond acceptors (Lipinski definition) is 3. The monoisotopic (exact) mass is 446 g/mol. The molecule has 156 valence electrons. The first-order chi connectivity index (χ1) is 14.3. The highest BCUT2D eigenvalue weighted by Gasteiger charge is 2.27. The molecule has 0 aliphatic rings. The molecule has 0 heterocycles. The van der Waals surface area contributed by atoms with E-state index in [4.69, 9.17) is 11.6 Å². The normalized spacial score (nSPS) is 11.5. The van der Waals surface area contributed by atoms with E-state index in [-0.39, 0.29) is 17.1 Å². The number of benzene rings is 3. The molecule has 0 aliphatic heterocycles. The van der Waals surface area contributed by atoms with Gasteiger partial charge in [0.15, 0.2) is 0 Å². The maximum atomic E-state index is 13.4. The largest absolute Gasteiger partial charge is 0.325 e. The summed E-state index contributed by atoms with van der Waals surface area (Å²) in [5.74, 6) is -1.08. The summed E-state index contributed by atoms with van der Waals surface area (Å²) in [7, 11) is -3.99. The Bertz CT molecular complexity index is 1150. The molecule has 0 unspecified atom stereocenters. The zero-order valence-corrected chi connectivity index (χ0v) is 17.8. The lowest BCUT2D eigenvalue weighted by Crippen LogP contribution is -2.37. The van der Waals surface area contributed by atoms with Gasteiger partial charge in [-0.25, -0.2) is 12.8 Å². The van der Waals surface area contributed by atoms with Gasteiger partial charge in [-0.15, -0.1) is 0 Å². The molecule has 0 aliphatic carbocycles. The molecule has 0 saturated carbocycles. The molecule has 30 heavy (non-hydrogen) atoms. The predicted octanol–water partition coefficient (Wildman–Crippen LogP) is 4.62. The minimum absolute atomic E-state index is 0.00814. The van der Waals surface area contributed by atoms with Crippen molar-refractivity contribution in [3.63, 3.8) is 0 Å². The Kier molecular flexibility index (Phi) is 6.87. The third-order valence-corrected chi connectivity index (χ3v) is 6.55. The van der Waals surface area contributed by atoms with Crippen molar-refractivity contribution >= 4 is 33.2 Å². The van der Waals surface area contributed by atoms with Gasteiger partial charge in [-0.2, -0.15) is 4.31 Å². The molecule has 0 atom stereocenters. The lowest BCUT2D eigenvalue weighted by atomic mass is 10.1. The summed E-state index contributed by atoms with van der Waals surface area (Å²) in [4.78, 5) is 12.6. The van der Waals surface area contributed by atoms with Crippen LogP contribution in [0.2, 0.25) is 5.02 Å². The van der Waals surface area contributed by atoms with Crippen LogP contribution in [0.5, 0.6) is 0 Å². The molecule has 3 rings (SSSR count). The average molecular weight is 447 g/mol. The molecule has 3 aromatic rings. The number of nitrogens with one attached hydrogen (secondary N) is 1. The summed E-state index contributed by atoms with van der Waals surface area (Å²) < 4.78 is 41.0. The first-order valence-electron chi connectivity index (χ1n) is 9.11. The number of carbonyl (C=O) groups excluding carboxylic acids is 1. The van der Waals surface area contributed by atoms with Gasteiger partial charge in [0.25, 0.3) is 0 Å². The van der Waals surface area contributed by atoms with E-state index in [0.717, 1.165) is 21.5 Å². The van der Waals surface area contributed by atoms with Crippen LogP contribution in [0.25, 0.3) is 0 Å². The van der Waals surface area contributed by atoms with E-state index in [1.165, 1.54) is 42.5 Å². The Morgan fingerprint density at radius 1 is 1.03 bits per heavy atom. The van der Waals surface area contributed by atoms with E-state index >= 15 is 0 Å². The Balaban J connectivity index is 1.89. The first kappa shape index (κ1) is 22.0. The van der Waals surface area contributed by atoms with Crippen LogP contribution in [0.3, 0.4) is 0 Å². The summed E-state index contributed by atoms with van der Waals surface area (Å²) in [5.41, 5.74) is 1.92. The van der Waals surface area contributed by atoms with Crippen molar-refractivity contribution < 1.29 is 17.6 Å². The van der Waals surface area contributed by atoms with Crippen molar-refractivity contribution in [1.29, 1.82) is 0 Å². The van der Waals surface area contributed by atoms with Gasteiger partial charge in [0.05, 0.1) is 11.4 Å². The van der Waals surface area contributed by atoms with Gasteiger partial charge in [0.1, 0.15) is 5.82 Å². The number of aryl methyl sites for hydroxylation is 1. The van der Waals surface area contributed by atoms with Gasteiger partial charge in [0, 0.05) is 17.3 Å². The molecule has 1 N–H and O–H groups in total. The number of sulfonamides is 1. The highest BCUT2D eigenvalue weighted by molar-refractivity contribution is 7.89. The Morgan fingerprint density at radius 2 is 1.73 bits per heavy atom. The number of anilines is 1. The summed E-state index contributed by atoms with van der Waals surface area (Å²) in [6.07, 6.45) is 0. The van der Waals surface area contributed by atoms with Crippen molar-refractivity contribution in [2.24, 2.45) is 0 Å². The number of rotatable bonds is 7. The molecule has 0 fully saturated rings. The molecule has 0 radical (unpaired) electrons. The number of halogens is 2. The van der Waals surface area contributed by atoms with Gasteiger partial charge >= 0.3 is 0 Å². The maximum absolute atomic E-state index is 13.4. The van der Waals surface area contributed by atoms with Crippen molar-refractivity contribution in [1.82, 2.24) is 4.31 Å². The van der Waals surface area contributed by atoms with Gasteiger partial charge in [-0.1, -0.05) is 41.9 Å². The van der Waals surface area contributed by atoms with Gasteiger partial charge < -0.3 is 5.32 Å². The van der Waals surface area contributed by atoms with Crippen LogP contribution in [0, 0.1) is 12.7 Å². The second-order valence-electron chi connectivity index (χ2n) is 6.71. The minimum atomic E-state index is -3.99. The number of carbonyl (C=O) groups is 1. The fraction of sp³-hybridized carbons (Fsp3) is 0.136. The molecule has 3 aromatic carbocycles. The fourth-order valence-corrected chi connectivity index (χ4v) is 4.39. The van der Waals surface area contributed by atoms with Crippen molar-refractivity contribution in [3.8, 4) is 0 Å². The van der Waals surface area contributed by atoms with Crippen LogP contribution in [-0.4, -0.2) is 25.2 Å². The van der Waals surface area contributed by atoms with Crippen LogP contribution in [0.1, 0.15) is 11.1 Å². The highest BCUT2D eigenvalue weighted by atomic mass is 35.5. The molecular formula is C22H20ClFN2O3S. The lowest BCUT2D eigenvalue weighted by Gasteiger charge is -2.23. The standard InChI is InChI=1S/C22H20ClFN2O3S/c1-16-5-2-3-6-17(16)14-26(30(28,29)21-11-9-18(23)10-12-21)15-22(27)25-20-8-4-7-19(24)13-20/h2-13H,14-15H2,1H3,(H,25,27). The van der Waals surface area contributed by atoms with Gasteiger partial charge in [-0.05, 0) is 60.5 Å². The van der Waals surface area contributed by atoms with Crippen molar-refractivity contribution in [2.45, 2.75) is 18.4 Å². The van der Waals surface area contributed by atoms with Crippen LogP contribution in [0.4, 0.5) is 10.1 Å². The fourth-order valence-electron chi connectivity index (χ4n) is 2.89. The Hall–Kier alpha value is -2.74. The van der Waals surface area contributed by atoms with Crippen LogP contribution in [-0.2, 0) is 21.4 Å². The summed E-state index contributed by atoms with van der Waals surface area (Å²) >= 11 is 5.88. The average Bonchev–Trinajstić information content (AvgIpc) is 2.69. The van der Waals surface area contributed by atoms with Gasteiger partial charge in [-0.3, -0.25) is 4.79 Å². The smallest absolute Gasteiger partial charge is 0.243 e. The molecule has 0 bridgehead atoms. The van der Waals surface area contributed by atoms with Crippen LogP contribution < -0.4 is 5.32 Å². The quantitative estimate of drug-likeness (QED) is 0.576. The SMILES string of the molecule is Cc1ccccc1CN(CC(=O)Nc1cccc(F)c1)S(=O)(=O)c1ccc(Cl)cc1. The van der Waals surface area contributed by atoms with E-state index < -0.39 is 28.3 Å². The molecule has 5 nitrogen and oxygen atoms in total. The zero-order chi connectivity index (χ0) is 21.7. The molecular weight excluding hydrogens is 427 g/mol. The van der Waals surface area contributed by atoms with Crippen molar-refractivity contribution in [2.75, 3.05) is 11.9 Å². The zero-order valence-electron chi connectivity index (χ0n) is 16.2. The second-order valence-corrected chi connectivity index (χ2v) is 9.09. The Morgan fingerprint density at radius 3 is 2.40 bits per heavy atom. The summed E-state index contributed by atoms with van der Waals surface area (Å²) in [6, 6.07) is 18.5. The van der Waals surface area contributed by atoms with E-state index in [1.54, 1.807) is 0 Å². The summed E-state index contributed by atoms with van der Waals surface area (Å²) in [5, 5.41) is 2.95. The minimum Gasteiger partial charge on any atom is -0.325 e. The van der Waals surface area contributed by atoms with Crippen LogP contribution >= 0.6 is 11.6 Å². The lowest BCUT2D eigenvalue weighted by molar-refractivity contribution is -0.116. The van der Waals surface area contributed by atoms with E-state index in [2.05, 4.69) is 5.32 Å². The molecule has 0 aromatic heterocycles. The van der Waals surface area contributed by atoms with Crippen molar-refractivity contribution in [3.05, 3.63) is 94.8 Å². The highest BCUT2D eigenvalue weighted by Crippen LogP contribution is 2.22. The van der Waals surface area contributed by atoms with E-state index in [0.29, 0.717) is 5.02 Å². The molecule has 0 saturated heterocycles. The van der Waals surface area contributed by atoms with E-state index in [1.807, 2.05) is 31.2 Å². The first-order valence-corrected chi connectivity index (χ1v) is 10.9. The summed E-state index contributed by atoms with van der Waals surface area (Å²) in [6.45, 7) is 1.44. The third kappa shape index (κ3) is 5.44. The maximum Gasteiger partial charge on any atom is 0.243 e. The number of hydrogen-bond donors (Lipinski definition) is 1. The molecule has 0 spiro atoms. The predicted molar refractivity (Wildman–Crippen MR) is 115 cm³/mol. The third-order valence-electron chi connectivity index (χ3n) is 4.49. The van der Waals surface area contributed by atoms with Gasteiger partial charge in [0.2, 0.25) is 15.9 Å². The molecule has 1 amide bonds. The van der Waals surface area contributed by atoms with Crippen LogP contribution in [0.15, 0.2) is 77.7 Å². The Labute approximate surface area is 180 Å².